The average Bonchev–Trinajstić information content (AvgIpc) is 2.29. The lowest BCUT2D eigenvalue weighted by molar-refractivity contribution is -0.117. The zero-order valence-corrected chi connectivity index (χ0v) is 9.19. The van der Waals surface area contributed by atoms with Crippen molar-refractivity contribution in [3.8, 4) is 0 Å². The molecule has 0 aliphatic carbocycles. The maximum Gasteiger partial charge on any atom is 0.264 e. The third-order valence-corrected chi connectivity index (χ3v) is 2.14. The molecule has 0 saturated carbocycles. The van der Waals surface area contributed by atoms with Gasteiger partial charge in [-0.1, -0.05) is 19.8 Å². The van der Waals surface area contributed by atoms with E-state index in [4.69, 9.17) is 5.73 Å². The molecule has 6 nitrogen and oxygen atoms in total. The van der Waals surface area contributed by atoms with Crippen LogP contribution in [-0.2, 0) is 4.79 Å². The van der Waals surface area contributed by atoms with Gasteiger partial charge in [-0.2, -0.15) is 5.10 Å². The fourth-order valence-corrected chi connectivity index (χ4v) is 1.19. The number of aromatic nitrogens is 2. The van der Waals surface area contributed by atoms with E-state index >= 15 is 0 Å². The van der Waals surface area contributed by atoms with Crippen molar-refractivity contribution in [2.24, 2.45) is 5.73 Å². The number of nitrogens with zero attached hydrogens (tertiary/aromatic N) is 1. The summed E-state index contributed by atoms with van der Waals surface area (Å²) in [7, 11) is 0. The molecule has 88 valence electrons. The molecule has 1 rings (SSSR count). The van der Waals surface area contributed by atoms with E-state index in [-0.39, 0.29) is 11.5 Å². The number of nitrogens with two attached hydrogens (primary N) is 1. The smallest absolute Gasteiger partial charge is 0.264 e. The van der Waals surface area contributed by atoms with E-state index in [9.17, 15) is 9.59 Å². The highest BCUT2D eigenvalue weighted by atomic mass is 16.2. The maximum absolute atomic E-state index is 11.5. The number of hydrogen-bond donors (Lipinski definition) is 3. The Hall–Kier alpha value is -1.69. The molecule has 1 heterocycles. The summed E-state index contributed by atoms with van der Waals surface area (Å²) >= 11 is 0. The monoisotopic (exact) mass is 224 g/mol. The van der Waals surface area contributed by atoms with Crippen LogP contribution in [0.5, 0.6) is 0 Å². The zero-order chi connectivity index (χ0) is 12.0. The summed E-state index contributed by atoms with van der Waals surface area (Å²) in [5, 5.41) is 8.41. The fraction of sp³-hybridized carbons (Fsp3) is 0.500. The molecule has 0 spiro atoms. The second-order valence-corrected chi connectivity index (χ2v) is 3.54. The molecular formula is C10H16N4O2. The van der Waals surface area contributed by atoms with Crippen LogP contribution in [0.4, 0.5) is 5.82 Å². The molecule has 0 saturated heterocycles. The lowest BCUT2D eigenvalue weighted by Gasteiger charge is -2.10. The topological polar surface area (TPSA) is 101 Å². The number of carbonyl (C=O) groups is 1. The van der Waals surface area contributed by atoms with Gasteiger partial charge in [0.25, 0.3) is 5.56 Å². The second-order valence-electron chi connectivity index (χ2n) is 3.54. The number of unbranched alkanes of at least 4 members (excludes halogenated alkanes) is 1. The summed E-state index contributed by atoms with van der Waals surface area (Å²) in [4.78, 5) is 22.3. The molecule has 0 fully saturated rings. The predicted octanol–water partition coefficient (Wildman–Crippen LogP) is 0.226. The van der Waals surface area contributed by atoms with Crippen molar-refractivity contribution in [3.05, 3.63) is 22.5 Å². The van der Waals surface area contributed by atoms with Crippen molar-refractivity contribution >= 4 is 11.7 Å². The highest BCUT2D eigenvalue weighted by Crippen LogP contribution is 2.02. The first-order valence-corrected chi connectivity index (χ1v) is 5.25. The lowest BCUT2D eigenvalue weighted by Crippen LogP contribution is -2.35. The highest BCUT2D eigenvalue weighted by Gasteiger charge is 2.13. The van der Waals surface area contributed by atoms with Crippen molar-refractivity contribution in [3.63, 3.8) is 0 Å². The molecule has 1 aromatic rings. The van der Waals surface area contributed by atoms with E-state index in [0.29, 0.717) is 12.2 Å². The van der Waals surface area contributed by atoms with Gasteiger partial charge in [0.15, 0.2) is 5.82 Å². The van der Waals surface area contributed by atoms with Crippen LogP contribution in [0, 0.1) is 0 Å². The van der Waals surface area contributed by atoms with Crippen molar-refractivity contribution in [2.45, 2.75) is 32.2 Å². The Morgan fingerprint density at radius 3 is 2.94 bits per heavy atom. The first kappa shape index (κ1) is 12.4. The lowest BCUT2D eigenvalue weighted by atomic mass is 10.1. The first-order valence-electron chi connectivity index (χ1n) is 5.25. The van der Waals surface area contributed by atoms with Gasteiger partial charge in [-0.3, -0.25) is 9.59 Å². The van der Waals surface area contributed by atoms with Crippen LogP contribution >= 0.6 is 0 Å². The molecule has 0 aliphatic heterocycles. The van der Waals surface area contributed by atoms with Crippen molar-refractivity contribution < 1.29 is 4.79 Å². The fourth-order valence-electron chi connectivity index (χ4n) is 1.19. The largest absolute Gasteiger partial charge is 0.320 e. The second kappa shape index (κ2) is 6.02. The summed E-state index contributed by atoms with van der Waals surface area (Å²) in [5.41, 5.74) is 5.36. The standard InChI is InChI=1S/C10H16N4O2/c1-2-3-4-7(11)10(16)12-8-5-6-9(15)14-13-8/h5-7H,2-4,11H2,1H3,(H,14,15)(H,12,13,16)/t7-/m0/s1. The van der Waals surface area contributed by atoms with Crippen molar-refractivity contribution in [2.75, 3.05) is 5.32 Å². The quantitative estimate of drug-likeness (QED) is 0.666. The minimum Gasteiger partial charge on any atom is -0.320 e. The van der Waals surface area contributed by atoms with E-state index in [1.807, 2.05) is 6.92 Å². The van der Waals surface area contributed by atoms with E-state index in [2.05, 4.69) is 15.5 Å². The van der Waals surface area contributed by atoms with Gasteiger partial charge >= 0.3 is 0 Å². The van der Waals surface area contributed by atoms with Crippen LogP contribution in [-0.4, -0.2) is 22.1 Å². The number of rotatable bonds is 5. The van der Waals surface area contributed by atoms with E-state index < -0.39 is 6.04 Å². The van der Waals surface area contributed by atoms with Crippen LogP contribution in [0.25, 0.3) is 0 Å². The van der Waals surface area contributed by atoms with Gasteiger partial charge in [0.2, 0.25) is 5.91 Å². The Kier molecular flexibility index (Phi) is 4.65. The average molecular weight is 224 g/mol. The molecule has 0 aliphatic rings. The molecule has 1 amide bonds. The first-order chi connectivity index (χ1) is 7.63. The van der Waals surface area contributed by atoms with E-state index in [0.717, 1.165) is 12.8 Å². The van der Waals surface area contributed by atoms with Gasteiger partial charge in [-0.15, -0.1) is 0 Å². The number of H-pyrrole nitrogens is 1. The van der Waals surface area contributed by atoms with Crippen LogP contribution in [0.1, 0.15) is 26.2 Å². The zero-order valence-electron chi connectivity index (χ0n) is 9.19. The minimum atomic E-state index is -0.534. The molecule has 1 atom stereocenters. The summed E-state index contributed by atoms with van der Waals surface area (Å²) in [5.74, 6) is 0.0181. The van der Waals surface area contributed by atoms with Gasteiger partial charge in [-0.05, 0) is 12.5 Å². The molecule has 16 heavy (non-hydrogen) atoms. The summed E-state index contributed by atoms with van der Waals surface area (Å²) in [6.07, 6.45) is 2.55. The van der Waals surface area contributed by atoms with Gasteiger partial charge in [0.1, 0.15) is 0 Å². The molecular weight excluding hydrogens is 208 g/mol. The summed E-state index contributed by atoms with van der Waals surface area (Å²) in [6, 6.07) is 2.19. The third kappa shape index (κ3) is 3.82. The van der Waals surface area contributed by atoms with Gasteiger partial charge in [-0.25, -0.2) is 5.10 Å². The summed E-state index contributed by atoms with van der Waals surface area (Å²) < 4.78 is 0. The molecule has 1 aromatic heterocycles. The number of carbonyl (C=O) groups excluding carboxylic acids is 1. The predicted molar refractivity (Wildman–Crippen MR) is 61.0 cm³/mol. The number of amides is 1. The Labute approximate surface area is 93.2 Å². The maximum atomic E-state index is 11.5. The van der Waals surface area contributed by atoms with Crippen LogP contribution < -0.4 is 16.6 Å². The molecule has 0 radical (unpaired) electrons. The molecule has 0 unspecified atom stereocenters. The Morgan fingerprint density at radius 1 is 1.62 bits per heavy atom. The Morgan fingerprint density at radius 2 is 2.38 bits per heavy atom. The minimum absolute atomic E-state index is 0.284. The van der Waals surface area contributed by atoms with Crippen LogP contribution in [0.3, 0.4) is 0 Å². The molecule has 4 N–H and O–H groups in total. The molecule has 6 heteroatoms. The van der Waals surface area contributed by atoms with Crippen molar-refractivity contribution in [1.82, 2.24) is 10.2 Å². The Balaban J connectivity index is 2.50. The van der Waals surface area contributed by atoms with Gasteiger partial charge in [0.05, 0.1) is 6.04 Å². The van der Waals surface area contributed by atoms with Crippen LogP contribution in [0.15, 0.2) is 16.9 Å². The molecule has 0 bridgehead atoms. The summed E-state index contributed by atoms with van der Waals surface area (Å²) in [6.45, 7) is 2.04. The van der Waals surface area contributed by atoms with Crippen LogP contribution in [0.2, 0.25) is 0 Å². The van der Waals surface area contributed by atoms with Gasteiger partial charge < -0.3 is 11.1 Å². The normalized spacial score (nSPS) is 12.1. The van der Waals surface area contributed by atoms with E-state index in [1.165, 1.54) is 12.1 Å². The Bertz CT molecular complexity index is 382. The third-order valence-electron chi connectivity index (χ3n) is 2.14. The number of hydrogen-bond acceptors (Lipinski definition) is 4. The number of aromatic amines is 1. The van der Waals surface area contributed by atoms with Crippen molar-refractivity contribution in [1.29, 1.82) is 0 Å². The highest BCUT2D eigenvalue weighted by molar-refractivity contribution is 5.93. The number of nitrogens with one attached hydrogen (secondary N) is 2. The van der Waals surface area contributed by atoms with Gasteiger partial charge in [0, 0.05) is 6.07 Å². The van der Waals surface area contributed by atoms with E-state index in [1.54, 1.807) is 0 Å². The SMILES string of the molecule is CCCC[C@H](N)C(=O)Nc1ccc(=O)[nH]n1. The molecule has 0 aromatic carbocycles. The number of anilines is 1.